The van der Waals surface area contributed by atoms with Crippen molar-refractivity contribution in [1.29, 1.82) is 0 Å². The van der Waals surface area contributed by atoms with Crippen LogP contribution < -0.4 is 0 Å². The van der Waals surface area contributed by atoms with Gasteiger partial charge in [0.25, 0.3) is 0 Å². The summed E-state index contributed by atoms with van der Waals surface area (Å²) in [6.45, 7) is 3.92. The van der Waals surface area contributed by atoms with Crippen LogP contribution in [0.4, 0.5) is 4.39 Å². The Hall–Kier alpha value is -2.63. The number of hydrogen-bond acceptors (Lipinski definition) is 4. The van der Waals surface area contributed by atoms with Crippen LogP contribution in [0.3, 0.4) is 0 Å². The molecule has 1 fully saturated rings. The Morgan fingerprint density at radius 1 is 0.852 bits per heavy atom. The van der Waals surface area contributed by atoms with E-state index in [2.05, 4.69) is 27.0 Å². The van der Waals surface area contributed by atoms with Gasteiger partial charge >= 0.3 is 0 Å². The summed E-state index contributed by atoms with van der Waals surface area (Å²) in [4.78, 5) is 11.1. The van der Waals surface area contributed by atoms with Crippen LogP contribution >= 0.6 is 0 Å². The van der Waals surface area contributed by atoms with Crippen LogP contribution in [0.2, 0.25) is 0 Å². The Morgan fingerprint density at radius 3 is 1.96 bits per heavy atom. The fourth-order valence-corrected chi connectivity index (χ4v) is 3.83. The van der Waals surface area contributed by atoms with Crippen LogP contribution in [0.15, 0.2) is 73.3 Å². The maximum atomic E-state index is 13.7. The molecule has 1 aliphatic rings. The van der Waals surface area contributed by atoms with Gasteiger partial charge in [-0.05, 0) is 41.0 Å². The van der Waals surface area contributed by atoms with E-state index in [1.807, 2.05) is 36.7 Å². The van der Waals surface area contributed by atoms with Crippen LogP contribution in [0.25, 0.3) is 0 Å². The van der Waals surface area contributed by atoms with Crippen molar-refractivity contribution in [2.24, 2.45) is 0 Å². The standard InChI is InChI=1S/C22H22FN3O/c23-21-7-5-18(6-8-21)22(19-3-1-9-24-15-19,20-4-2-10-25-16-20)17-26-11-13-27-14-12-26/h1-10,15-16H,11-14,17H2. The first-order chi connectivity index (χ1) is 13.3. The van der Waals surface area contributed by atoms with Crippen molar-refractivity contribution in [3.05, 3.63) is 95.8 Å². The van der Waals surface area contributed by atoms with Crippen LogP contribution in [0.5, 0.6) is 0 Å². The summed E-state index contributed by atoms with van der Waals surface area (Å²) in [5.74, 6) is -0.239. The number of benzene rings is 1. The molecule has 0 saturated carbocycles. The third-order valence-corrected chi connectivity index (χ3v) is 5.21. The van der Waals surface area contributed by atoms with Crippen LogP contribution in [-0.2, 0) is 10.2 Å². The zero-order valence-electron chi connectivity index (χ0n) is 15.1. The zero-order valence-corrected chi connectivity index (χ0v) is 15.1. The van der Waals surface area contributed by atoms with Crippen molar-refractivity contribution in [3.8, 4) is 0 Å². The molecule has 3 aromatic rings. The van der Waals surface area contributed by atoms with Crippen molar-refractivity contribution in [3.63, 3.8) is 0 Å². The van der Waals surface area contributed by atoms with E-state index in [4.69, 9.17) is 4.74 Å². The summed E-state index contributed by atoms with van der Waals surface area (Å²) in [7, 11) is 0. The fourth-order valence-electron chi connectivity index (χ4n) is 3.83. The molecule has 1 saturated heterocycles. The second-order valence-corrected chi connectivity index (χ2v) is 6.78. The Bertz CT molecular complexity index is 810. The molecule has 1 aliphatic heterocycles. The molecule has 27 heavy (non-hydrogen) atoms. The molecule has 0 N–H and O–H groups in total. The highest BCUT2D eigenvalue weighted by atomic mass is 19.1. The Balaban J connectivity index is 1.91. The van der Waals surface area contributed by atoms with Crippen LogP contribution in [0.1, 0.15) is 16.7 Å². The zero-order chi connectivity index (χ0) is 18.5. The maximum Gasteiger partial charge on any atom is 0.123 e. The maximum absolute atomic E-state index is 13.7. The minimum atomic E-state index is -0.492. The molecule has 0 spiro atoms. The van der Waals surface area contributed by atoms with E-state index in [1.165, 1.54) is 12.1 Å². The lowest BCUT2D eigenvalue weighted by Crippen LogP contribution is -2.47. The molecule has 3 heterocycles. The van der Waals surface area contributed by atoms with E-state index >= 15 is 0 Å². The molecule has 1 aromatic carbocycles. The Morgan fingerprint density at radius 2 is 1.44 bits per heavy atom. The quantitative estimate of drug-likeness (QED) is 0.697. The van der Waals surface area contributed by atoms with Gasteiger partial charge in [0.05, 0.1) is 18.6 Å². The fraction of sp³-hybridized carbons (Fsp3) is 0.273. The van der Waals surface area contributed by atoms with Gasteiger partial charge in [0.15, 0.2) is 0 Å². The number of aromatic nitrogens is 2. The molecule has 4 rings (SSSR count). The summed E-state index contributed by atoms with van der Waals surface area (Å²) < 4.78 is 19.2. The Labute approximate surface area is 158 Å². The number of ether oxygens (including phenoxy) is 1. The van der Waals surface area contributed by atoms with Crippen molar-refractivity contribution in [2.75, 3.05) is 32.8 Å². The summed E-state index contributed by atoms with van der Waals surface area (Å²) in [5, 5.41) is 0. The second kappa shape index (κ2) is 7.94. The number of morpholine rings is 1. The molecule has 5 heteroatoms. The van der Waals surface area contributed by atoms with Gasteiger partial charge in [-0.2, -0.15) is 0 Å². The molecule has 0 bridgehead atoms. The average Bonchev–Trinajstić information content (AvgIpc) is 2.75. The molecular formula is C22H22FN3O. The van der Waals surface area contributed by atoms with Gasteiger partial charge < -0.3 is 4.74 Å². The third kappa shape index (κ3) is 3.61. The molecule has 0 radical (unpaired) electrons. The van der Waals surface area contributed by atoms with Gasteiger partial charge in [-0.1, -0.05) is 24.3 Å². The highest BCUT2D eigenvalue weighted by Crippen LogP contribution is 2.39. The highest BCUT2D eigenvalue weighted by Gasteiger charge is 2.39. The van der Waals surface area contributed by atoms with Gasteiger partial charge in [0.2, 0.25) is 0 Å². The molecule has 0 unspecified atom stereocenters. The lowest BCUT2D eigenvalue weighted by Gasteiger charge is -2.40. The predicted octanol–water partition coefficient (Wildman–Crippen LogP) is 3.28. The topological polar surface area (TPSA) is 38.2 Å². The van der Waals surface area contributed by atoms with Crippen molar-refractivity contribution < 1.29 is 9.13 Å². The molecule has 4 nitrogen and oxygen atoms in total. The van der Waals surface area contributed by atoms with E-state index in [-0.39, 0.29) is 5.82 Å². The molecule has 0 aliphatic carbocycles. The second-order valence-electron chi connectivity index (χ2n) is 6.78. The Kier molecular flexibility index (Phi) is 5.23. The predicted molar refractivity (Wildman–Crippen MR) is 102 cm³/mol. The van der Waals surface area contributed by atoms with Gasteiger partial charge in [0.1, 0.15) is 5.82 Å². The van der Waals surface area contributed by atoms with Gasteiger partial charge in [-0.15, -0.1) is 0 Å². The lowest BCUT2D eigenvalue weighted by molar-refractivity contribution is 0.0323. The molecule has 0 atom stereocenters. The summed E-state index contributed by atoms with van der Waals surface area (Å²) in [5.41, 5.74) is 2.66. The number of pyridine rings is 2. The lowest BCUT2D eigenvalue weighted by atomic mass is 9.70. The van der Waals surface area contributed by atoms with Gasteiger partial charge in [0, 0.05) is 44.4 Å². The summed E-state index contributed by atoms with van der Waals surface area (Å²) in [6, 6.07) is 14.9. The molecule has 0 amide bonds. The van der Waals surface area contributed by atoms with E-state index < -0.39 is 5.41 Å². The first-order valence-corrected chi connectivity index (χ1v) is 9.16. The van der Waals surface area contributed by atoms with Crippen LogP contribution in [-0.4, -0.2) is 47.7 Å². The minimum absolute atomic E-state index is 0.239. The molecule has 138 valence electrons. The van der Waals surface area contributed by atoms with Gasteiger partial charge in [-0.25, -0.2) is 4.39 Å². The normalized spacial score (nSPS) is 15.6. The largest absolute Gasteiger partial charge is 0.379 e. The monoisotopic (exact) mass is 363 g/mol. The van der Waals surface area contributed by atoms with Crippen LogP contribution in [0, 0.1) is 5.82 Å². The minimum Gasteiger partial charge on any atom is -0.379 e. The first kappa shape index (κ1) is 17.8. The van der Waals surface area contributed by atoms with Gasteiger partial charge in [-0.3, -0.25) is 14.9 Å². The van der Waals surface area contributed by atoms with E-state index in [0.717, 1.165) is 49.5 Å². The number of hydrogen-bond donors (Lipinski definition) is 0. The van der Waals surface area contributed by atoms with Crippen molar-refractivity contribution >= 4 is 0 Å². The van der Waals surface area contributed by atoms with Crippen molar-refractivity contribution in [1.82, 2.24) is 14.9 Å². The van der Waals surface area contributed by atoms with Crippen molar-refractivity contribution in [2.45, 2.75) is 5.41 Å². The SMILES string of the molecule is Fc1ccc(C(CN2CCOCC2)(c2cccnc2)c2cccnc2)cc1. The van der Waals surface area contributed by atoms with E-state index in [1.54, 1.807) is 12.4 Å². The summed E-state index contributed by atoms with van der Waals surface area (Å²) in [6.07, 6.45) is 7.35. The molecular weight excluding hydrogens is 341 g/mol. The first-order valence-electron chi connectivity index (χ1n) is 9.16. The van der Waals surface area contributed by atoms with E-state index in [0.29, 0.717) is 0 Å². The number of nitrogens with zero attached hydrogens (tertiary/aromatic N) is 3. The smallest absolute Gasteiger partial charge is 0.123 e. The molecule has 2 aromatic heterocycles. The summed E-state index contributed by atoms with van der Waals surface area (Å²) >= 11 is 0. The average molecular weight is 363 g/mol. The number of rotatable bonds is 5. The number of halogens is 1. The van der Waals surface area contributed by atoms with E-state index in [9.17, 15) is 4.39 Å². The highest BCUT2D eigenvalue weighted by molar-refractivity contribution is 5.49. The third-order valence-electron chi connectivity index (χ3n) is 5.21.